The van der Waals surface area contributed by atoms with Crippen molar-refractivity contribution in [3.8, 4) is 11.5 Å². The van der Waals surface area contributed by atoms with Crippen LogP contribution in [0.5, 0.6) is 11.5 Å². The van der Waals surface area contributed by atoms with Crippen LogP contribution < -0.4 is 20.5 Å². The predicted octanol–water partition coefficient (Wildman–Crippen LogP) is 2.02. The quantitative estimate of drug-likeness (QED) is 0.808. The first kappa shape index (κ1) is 16.6. The summed E-state index contributed by atoms with van der Waals surface area (Å²) in [6.45, 7) is 0.523. The fraction of sp³-hybridized carbons (Fsp3) is 0.588. The number of benzene rings is 1. The minimum atomic E-state index is -0.172. The molecule has 0 heterocycles. The van der Waals surface area contributed by atoms with Crippen LogP contribution in [0, 0.1) is 0 Å². The van der Waals surface area contributed by atoms with E-state index in [0.717, 1.165) is 31.2 Å². The molecule has 1 aliphatic rings. The third-order valence-corrected chi connectivity index (χ3v) is 4.44. The average Bonchev–Trinajstić information content (AvgIpc) is 3.01. The zero-order valence-electron chi connectivity index (χ0n) is 13.5. The van der Waals surface area contributed by atoms with E-state index >= 15 is 0 Å². The van der Waals surface area contributed by atoms with Crippen molar-refractivity contribution >= 4 is 5.91 Å². The number of hydrogen-bond donors (Lipinski definition) is 2. The van der Waals surface area contributed by atoms with Crippen LogP contribution in [0.15, 0.2) is 18.2 Å². The maximum Gasteiger partial charge on any atom is 0.220 e. The van der Waals surface area contributed by atoms with Gasteiger partial charge in [0, 0.05) is 13.0 Å². The largest absolute Gasteiger partial charge is 0.493 e. The highest BCUT2D eigenvalue weighted by molar-refractivity contribution is 5.77. The van der Waals surface area contributed by atoms with Crippen molar-refractivity contribution in [3.05, 3.63) is 23.8 Å². The summed E-state index contributed by atoms with van der Waals surface area (Å²) >= 11 is 0. The molecule has 1 fully saturated rings. The van der Waals surface area contributed by atoms with E-state index in [1.54, 1.807) is 14.2 Å². The smallest absolute Gasteiger partial charge is 0.220 e. The van der Waals surface area contributed by atoms with Crippen molar-refractivity contribution in [2.24, 2.45) is 5.73 Å². The lowest BCUT2D eigenvalue weighted by Crippen LogP contribution is -2.51. The Morgan fingerprint density at radius 2 is 1.91 bits per heavy atom. The molecule has 2 rings (SSSR count). The van der Waals surface area contributed by atoms with Crippen LogP contribution in [-0.4, -0.2) is 32.2 Å². The molecule has 0 saturated heterocycles. The molecule has 1 aromatic rings. The van der Waals surface area contributed by atoms with Crippen LogP contribution in [-0.2, 0) is 11.2 Å². The summed E-state index contributed by atoms with van der Waals surface area (Å²) in [6, 6.07) is 5.74. The van der Waals surface area contributed by atoms with Gasteiger partial charge in [-0.05, 0) is 37.0 Å². The second kappa shape index (κ2) is 7.49. The molecule has 0 unspecified atom stereocenters. The van der Waals surface area contributed by atoms with E-state index in [9.17, 15) is 4.79 Å². The highest BCUT2D eigenvalue weighted by Gasteiger charge is 2.33. The standard InChI is InChI=1S/C17H26N2O3/c1-21-14-7-5-13(11-15(14)22-2)6-8-16(20)19-17(12-18)9-3-4-10-17/h5,7,11H,3-4,6,8-10,12,18H2,1-2H3,(H,19,20). The molecule has 1 aliphatic carbocycles. The van der Waals surface area contributed by atoms with Gasteiger partial charge in [0.1, 0.15) is 0 Å². The fourth-order valence-corrected chi connectivity index (χ4v) is 3.08. The van der Waals surface area contributed by atoms with Gasteiger partial charge < -0.3 is 20.5 Å². The third-order valence-electron chi connectivity index (χ3n) is 4.44. The van der Waals surface area contributed by atoms with Gasteiger partial charge in [0.05, 0.1) is 19.8 Å². The minimum Gasteiger partial charge on any atom is -0.493 e. The van der Waals surface area contributed by atoms with Crippen molar-refractivity contribution in [3.63, 3.8) is 0 Å². The van der Waals surface area contributed by atoms with Crippen LogP contribution in [0.25, 0.3) is 0 Å². The summed E-state index contributed by atoms with van der Waals surface area (Å²) in [5.74, 6) is 1.46. The number of rotatable bonds is 7. The van der Waals surface area contributed by atoms with Gasteiger partial charge in [-0.1, -0.05) is 18.9 Å². The van der Waals surface area contributed by atoms with Crippen molar-refractivity contribution in [2.45, 2.75) is 44.1 Å². The van der Waals surface area contributed by atoms with Gasteiger partial charge in [0.25, 0.3) is 0 Å². The van der Waals surface area contributed by atoms with E-state index in [2.05, 4.69) is 5.32 Å². The minimum absolute atomic E-state index is 0.0714. The summed E-state index contributed by atoms with van der Waals surface area (Å²) in [7, 11) is 3.22. The Balaban J connectivity index is 1.91. The molecule has 122 valence electrons. The predicted molar refractivity (Wildman–Crippen MR) is 86.3 cm³/mol. The van der Waals surface area contributed by atoms with E-state index in [4.69, 9.17) is 15.2 Å². The van der Waals surface area contributed by atoms with Crippen molar-refractivity contribution < 1.29 is 14.3 Å². The molecule has 0 radical (unpaired) electrons. The molecule has 5 heteroatoms. The first-order valence-electron chi connectivity index (χ1n) is 7.84. The third kappa shape index (κ3) is 3.91. The maximum atomic E-state index is 12.2. The van der Waals surface area contributed by atoms with Crippen LogP contribution in [0.2, 0.25) is 0 Å². The van der Waals surface area contributed by atoms with Gasteiger partial charge in [0.2, 0.25) is 5.91 Å². The van der Waals surface area contributed by atoms with Crippen LogP contribution in [0.1, 0.15) is 37.7 Å². The van der Waals surface area contributed by atoms with E-state index in [-0.39, 0.29) is 11.4 Å². The number of carbonyl (C=O) groups is 1. The van der Waals surface area contributed by atoms with Gasteiger partial charge in [0.15, 0.2) is 11.5 Å². The molecule has 5 nitrogen and oxygen atoms in total. The van der Waals surface area contributed by atoms with Gasteiger partial charge >= 0.3 is 0 Å². The zero-order chi connectivity index (χ0) is 16.0. The van der Waals surface area contributed by atoms with Crippen LogP contribution in [0.4, 0.5) is 0 Å². The summed E-state index contributed by atoms with van der Waals surface area (Å²) < 4.78 is 10.5. The average molecular weight is 306 g/mol. The van der Waals surface area contributed by atoms with Crippen molar-refractivity contribution in [1.29, 1.82) is 0 Å². The second-order valence-corrected chi connectivity index (χ2v) is 5.93. The topological polar surface area (TPSA) is 73.6 Å². The number of hydrogen-bond acceptors (Lipinski definition) is 4. The van der Waals surface area contributed by atoms with Crippen molar-refractivity contribution in [1.82, 2.24) is 5.32 Å². The molecule has 1 aromatic carbocycles. The molecule has 0 atom stereocenters. The Morgan fingerprint density at radius 3 is 2.50 bits per heavy atom. The fourth-order valence-electron chi connectivity index (χ4n) is 3.08. The number of methoxy groups -OCH3 is 2. The van der Waals surface area contributed by atoms with Gasteiger partial charge in [-0.15, -0.1) is 0 Å². The normalized spacial score (nSPS) is 16.3. The molecular formula is C17H26N2O3. The van der Waals surface area contributed by atoms with E-state index < -0.39 is 0 Å². The van der Waals surface area contributed by atoms with Crippen molar-refractivity contribution in [2.75, 3.05) is 20.8 Å². The lowest BCUT2D eigenvalue weighted by atomic mass is 9.97. The highest BCUT2D eigenvalue weighted by atomic mass is 16.5. The first-order valence-corrected chi connectivity index (χ1v) is 7.84. The zero-order valence-corrected chi connectivity index (χ0v) is 13.5. The number of carbonyl (C=O) groups excluding carboxylic acids is 1. The van der Waals surface area contributed by atoms with E-state index in [0.29, 0.717) is 30.9 Å². The summed E-state index contributed by atoms with van der Waals surface area (Å²) in [4.78, 5) is 12.2. The number of ether oxygens (including phenoxy) is 2. The molecule has 0 spiro atoms. The Labute approximate surface area is 132 Å². The first-order chi connectivity index (χ1) is 10.6. The molecule has 3 N–H and O–H groups in total. The number of aryl methyl sites for hydroxylation is 1. The molecule has 22 heavy (non-hydrogen) atoms. The van der Waals surface area contributed by atoms with E-state index in [1.165, 1.54) is 0 Å². The molecular weight excluding hydrogens is 280 g/mol. The number of nitrogens with two attached hydrogens (primary N) is 1. The van der Waals surface area contributed by atoms with Gasteiger partial charge in [-0.3, -0.25) is 4.79 Å². The van der Waals surface area contributed by atoms with Gasteiger partial charge in [-0.2, -0.15) is 0 Å². The van der Waals surface area contributed by atoms with Crippen LogP contribution in [0.3, 0.4) is 0 Å². The number of amides is 1. The molecule has 0 aliphatic heterocycles. The summed E-state index contributed by atoms with van der Waals surface area (Å²) in [6.07, 6.45) is 5.40. The molecule has 1 saturated carbocycles. The monoisotopic (exact) mass is 306 g/mol. The molecule has 0 aromatic heterocycles. The highest BCUT2D eigenvalue weighted by Crippen LogP contribution is 2.29. The Kier molecular flexibility index (Phi) is 5.66. The molecule has 0 bridgehead atoms. The van der Waals surface area contributed by atoms with Gasteiger partial charge in [-0.25, -0.2) is 0 Å². The van der Waals surface area contributed by atoms with E-state index in [1.807, 2.05) is 18.2 Å². The molecule has 1 amide bonds. The summed E-state index contributed by atoms with van der Waals surface area (Å²) in [5, 5.41) is 3.14. The Bertz CT molecular complexity index is 511. The SMILES string of the molecule is COc1ccc(CCC(=O)NC2(CN)CCCC2)cc1OC. The Morgan fingerprint density at radius 1 is 1.23 bits per heavy atom. The van der Waals surface area contributed by atoms with Crippen LogP contribution >= 0.6 is 0 Å². The lowest BCUT2D eigenvalue weighted by Gasteiger charge is -2.28. The maximum absolute atomic E-state index is 12.2. The summed E-state index contributed by atoms with van der Waals surface area (Å²) in [5.41, 5.74) is 6.73. The lowest BCUT2D eigenvalue weighted by molar-refractivity contribution is -0.122. The second-order valence-electron chi connectivity index (χ2n) is 5.93. The number of nitrogens with one attached hydrogen (secondary N) is 1. The Hall–Kier alpha value is -1.75.